The molecule has 1 unspecified atom stereocenters. The predicted molar refractivity (Wildman–Crippen MR) is 130 cm³/mol. The lowest BCUT2D eigenvalue weighted by Crippen LogP contribution is -2.52. The van der Waals surface area contributed by atoms with Gasteiger partial charge in [-0.2, -0.15) is 5.10 Å². The number of para-hydroxylation sites is 1. The third-order valence-electron chi connectivity index (χ3n) is 5.91. The van der Waals surface area contributed by atoms with Crippen molar-refractivity contribution in [1.29, 1.82) is 0 Å². The van der Waals surface area contributed by atoms with Gasteiger partial charge in [-0.1, -0.05) is 50.4 Å². The molecule has 1 aromatic heterocycles. The average molecular weight is 462 g/mol. The fraction of sp³-hybridized carbons (Fsp3) is 0.542. The highest BCUT2D eigenvalue weighted by atomic mass is 35.5. The molecule has 2 aromatic rings. The molecule has 32 heavy (non-hydrogen) atoms. The highest BCUT2D eigenvalue weighted by molar-refractivity contribution is 6.33. The molecule has 2 heterocycles. The van der Waals surface area contributed by atoms with Crippen LogP contribution in [-0.2, 0) is 6.54 Å². The highest BCUT2D eigenvalue weighted by Gasteiger charge is 2.37. The van der Waals surface area contributed by atoms with Crippen molar-refractivity contribution in [3.63, 3.8) is 0 Å². The number of aromatic nitrogens is 2. The van der Waals surface area contributed by atoms with E-state index in [9.17, 15) is 9.59 Å². The summed E-state index contributed by atoms with van der Waals surface area (Å²) in [5, 5.41) is 10.7. The van der Waals surface area contributed by atoms with Crippen LogP contribution in [-0.4, -0.2) is 52.2 Å². The monoisotopic (exact) mass is 461 g/mol. The summed E-state index contributed by atoms with van der Waals surface area (Å²) in [7, 11) is 3.80. The molecule has 1 aromatic carbocycles. The molecule has 2 amide bonds. The quantitative estimate of drug-likeness (QED) is 0.619. The standard InChI is InChI=1S/C16H17ClN4O2.C8H19N/c1-16(2)9-21-13(15(23)20(16)3)8-12(19-21)14(22)18-11-7-5-4-6-10(11)17;1-4-6-7-8(5-2)9-3/h4-8H,9H2,1-3H3,(H,18,22);8-9H,4-7H2,1-3H3. The number of anilines is 1. The van der Waals surface area contributed by atoms with Crippen LogP contribution in [0.4, 0.5) is 5.69 Å². The van der Waals surface area contributed by atoms with Crippen LogP contribution in [0.25, 0.3) is 0 Å². The van der Waals surface area contributed by atoms with Gasteiger partial charge in [0.15, 0.2) is 5.69 Å². The Hall–Kier alpha value is -2.38. The Bertz CT molecular complexity index is 921. The Kier molecular flexibility index (Phi) is 9.28. The van der Waals surface area contributed by atoms with Crippen molar-refractivity contribution in [1.82, 2.24) is 20.0 Å². The number of nitrogens with one attached hydrogen (secondary N) is 2. The van der Waals surface area contributed by atoms with Crippen LogP contribution in [0.2, 0.25) is 5.02 Å². The summed E-state index contributed by atoms with van der Waals surface area (Å²) < 4.78 is 1.59. The molecule has 2 N–H and O–H groups in total. The Balaban J connectivity index is 0.000000344. The number of hydrogen-bond donors (Lipinski definition) is 2. The smallest absolute Gasteiger partial charge is 0.276 e. The van der Waals surface area contributed by atoms with Crippen LogP contribution in [0.1, 0.15) is 74.4 Å². The molecule has 8 heteroatoms. The van der Waals surface area contributed by atoms with Crippen LogP contribution >= 0.6 is 11.6 Å². The van der Waals surface area contributed by atoms with E-state index in [-0.39, 0.29) is 17.1 Å². The first-order valence-electron chi connectivity index (χ1n) is 11.2. The maximum absolute atomic E-state index is 12.4. The van der Waals surface area contributed by atoms with Gasteiger partial charge >= 0.3 is 0 Å². The van der Waals surface area contributed by atoms with Crippen molar-refractivity contribution >= 4 is 29.1 Å². The number of amides is 2. The minimum atomic E-state index is -0.395. The number of hydrogen-bond acceptors (Lipinski definition) is 4. The number of nitrogens with zero attached hydrogens (tertiary/aromatic N) is 3. The van der Waals surface area contributed by atoms with E-state index >= 15 is 0 Å². The topological polar surface area (TPSA) is 79.3 Å². The zero-order valence-corrected chi connectivity index (χ0v) is 20.8. The largest absolute Gasteiger partial charge is 0.333 e. The van der Waals surface area contributed by atoms with Crippen molar-refractivity contribution in [3.05, 3.63) is 46.7 Å². The Morgan fingerprint density at radius 2 is 1.97 bits per heavy atom. The Morgan fingerprint density at radius 1 is 1.28 bits per heavy atom. The number of carbonyl (C=O) groups excluding carboxylic acids is 2. The molecule has 0 bridgehead atoms. The van der Waals surface area contributed by atoms with Crippen LogP contribution in [0.15, 0.2) is 30.3 Å². The van der Waals surface area contributed by atoms with Gasteiger partial charge in [-0.25, -0.2) is 0 Å². The Labute approximate surface area is 196 Å². The van der Waals surface area contributed by atoms with Crippen molar-refractivity contribution in [2.75, 3.05) is 19.4 Å². The number of halogens is 1. The maximum atomic E-state index is 12.4. The normalized spacial score (nSPS) is 15.5. The van der Waals surface area contributed by atoms with Gasteiger partial charge in [-0.15, -0.1) is 0 Å². The fourth-order valence-corrected chi connectivity index (χ4v) is 3.67. The summed E-state index contributed by atoms with van der Waals surface area (Å²) in [6, 6.07) is 9.23. The van der Waals surface area contributed by atoms with E-state index in [4.69, 9.17) is 11.6 Å². The van der Waals surface area contributed by atoms with Gasteiger partial charge < -0.3 is 15.5 Å². The van der Waals surface area contributed by atoms with Crippen molar-refractivity contribution < 1.29 is 9.59 Å². The van der Waals surface area contributed by atoms with E-state index in [1.165, 1.54) is 31.7 Å². The van der Waals surface area contributed by atoms with Gasteiger partial charge in [-0.05, 0) is 45.9 Å². The molecule has 1 aliphatic heterocycles. The van der Waals surface area contributed by atoms with E-state index in [0.717, 1.165) is 6.04 Å². The lowest BCUT2D eigenvalue weighted by molar-refractivity contribution is 0.0493. The van der Waals surface area contributed by atoms with E-state index in [1.54, 1.807) is 40.9 Å². The second-order valence-electron chi connectivity index (χ2n) is 8.72. The molecule has 176 valence electrons. The summed E-state index contributed by atoms with van der Waals surface area (Å²) >= 11 is 6.04. The number of benzene rings is 1. The zero-order chi connectivity index (χ0) is 23.9. The van der Waals surface area contributed by atoms with Gasteiger partial charge in [-0.3, -0.25) is 14.3 Å². The molecule has 0 fully saturated rings. The van der Waals surface area contributed by atoms with Crippen molar-refractivity contribution in [3.8, 4) is 0 Å². The molecule has 0 radical (unpaired) electrons. The van der Waals surface area contributed by atoms with Crippen molar-refractivity contribution in [2.24, 2.45) is 0 Å². The molecule has 7 nitrogen and oxygen atoms in total. The molecule has 1 aliphatic rings. The van der Waals surface area contributed by atoms with Crippen LogP contribution < -0.4 is 10.6 Å². The van der Waals surface area contributed by atoms with E-state index in [0.29, 0.717) is 22.9 Å². The van der Waals surface area contributed by atoms with Gasteiger partial charge in [0.1, 0.15) is 5.69 Å². The number of fused-ring (bicyclic) bond motifs is 1. The Morgan fingerprint density at radius 3 is 2.56 bits per heavy atom. The summed E-state index contributed by atoms with van der Waals surface area (Å²) in [6.07, 6.45) is 5.28. The van der Waals surface area contributed by atoms with Gasteiger partial charge in [0.25, 0.3) is 11.8 Å². The minimum Gasteiger partial charge on any atom is -0.333 e. The lowest BCUT2D eigenvalue weighted by atomic mass is 10.0. The second kappa shape index (κ2) is 11.5. The molecule has 3 rings (SSSR count). The van der Waals surface area contributed by atoms with Gasteiger partial charge in [0.2, 0.25) is 0 Å². The predicted octanol–water partition coefficient (Wildman–Crippen LogP) is 4.83. The summed E-state index contributed by atoms with van der Waals surface area (Å²) in [6.45, 7) is 8.92. The number of rotatable bonds is 7. The first kappa shape index (κ1) is 25.9. The molecule has 0 spiro atoms. The van der Waals surface area contributed by atoms with Crippen molar-refractivity contribution in [2.45, 2.75) is 71.5 Å². The second-order valence-corrected chi connectivity index (χ2v) is 9.13. The first-order chi connectivity index (χ1) is 15.1. The zero-order valence-electron chi connectivity index (χ0n) is 20.0. The molecule has 0 saturated heterocycles. The number of likely N-dealkylation sites (N-methyl/N-ethyl adjacent to an activating group) is 1. The average Bonchev–Trinajstić information content (AvgIpc) is 3.18. The number of carbonyl (C=O) groups is 2. The van der Waals surface area contributed by atoms with Gasteiger partial charge in [0, 0.05) is 19.2 Å². The molecule has 1 atom stereocenters. The molecular weight excluding hydrogens is 426 g/mol. The van der Waals surface area contributed by atoms with E-state index < -0.39 is 5.91 Å². The minimum absolute atomic E-state index is 0.148. The summed E-state index contributed by atoms with van der Waals surface area (Å²) in [5.41, 5.74) is 0.761. The summed E-state index contributed by atoms with van der Waals surface area (Å²) in [5.74, 6) is -0.543. The summed E-state index contributed by atoms with van der Waals surface area (Å²) in [4.78, 5) is 26.4. The first-order valence-corrected chi connectivity index (χ1v) is 11.6. The van der Waals surface area contributed by atoms with E-state index in [1.807, 2.05) is 20.9 Å². The third-order valence-corrected chi connectivity index (χ3v) is 6.24. The maximum Gasteiger partial charge on any atom is 0.276 e. The van der Waals surface area contributed by atoms with Crippen LogP contribution in [0.5, 0.6) is 0 Å². The van der Waals surface area contributed by atoms with E-state index in [2.05, 4.69) is 29.6 Å². The third kappa shape index (κ3) is 6.33. The fourth-order valence-electron chi connectivity index (χ4n) is 3.49. The van der Waals surface area contributed by atoms with Crippen LogP contribution in [0, 0.1) is 0 Å². The number of unbranched alkanes of at least 4 members (excludes halogenated alkanes) is 1. The lowest BCUT2D eigenvalue weighted by Gasteiger charge is -2.39. The highest BCUT2D eigenvalue weighted by Crippen LogP contribution is 2.26. The van der Waals surface area contributed by atoms with Crippen LogP contribution in [0.3, 0.4) is 0 Å². The molecule has 0 aliphatic carbocycles. The van der Waals surface area contributed by atoms with Gasteiger partial charge in [0.05, 0.1) is 22.8 Å². The molecule has 0 saturated carbocycles. The molecular formula is C24H36ClN5O2. The SMILES string of the molecule is CCCCC(CC)NC.CN1C(=O)c2cc(C(=O)Nc3ccccc3Cl)nn2CC1(C)C.